The van der Waals surface area contributed by atoms with Crippen LogP contribution in [0.15, 0.2) is 24.3 Å². The molecule has 0 radical (unpaired) electrons. The minimum Gasteiger partial charge on any atom is -0.481 e. The molecule has 0 saturated heterocycles. The smallest absolute Gasteiger partial charge is 0.303 e. The molecule has 88 valence electrons. The summed E-state index contributed by atoms with van der Waals surface area (Å²) in [5.41, 5.74) is 8.36. The van der Waals surface area contributed by atoms with Crippen molar-refractivity contribution >= 4 is 5.97 Å². The zero-order chi connectivity index (χ0) is 12.0. The first-order valence-corrected chi connectivity index (χ1v) is 5.63. The van der Waals surface area contributed by atoms with E-state index in [1.807, 2.05) is 31.2 Å². The second kappa shape index (κ2) is 6.28. The number of nitrogens with two attached hydrogens (primary N) is 1. The summed E-state index contributed by atoms with van der Waals surface area (Å²) in [5.74, 6) is -0.732. The Morgan fingerprint density at radius 1 is 1.31 bits per heavy atom. The topological polar surface area (TPSA) is 63.3 Å². The zero-order valence-corrected chi connectivity index (χ0v) is 9.65. The third-order valence-electron chi connectivity index (χ3n) is 2.66. The van der Waals surface area contributed by atoms with Gasteiger partial charge in [0, 0.05) is 12.5 Å². The van der Waals surface area contributed by atoms with E-state index in [0.717, 1.165) is 18.4 Å². The maximum atomic E-state index is 10.3. The summed E-state index contributed by atoms with van der Waals surface area (Å²) in [6.07, 6.45) is 2.65. The van der Waals surface area contributed by atoms with Gasteiger partial charge >= 0.3 is 5.97 Å². The first kappa shape index (κ1) is 12.7. The quantitative estimate of drug-likeness (QED) is 0.726. The van der Waals surface area contributed by atoms with Crippen molar-refractivity contribution in [3.63, 3.8) is 0 Å². The molecule has 0 amide bonds. The van der Waals surface area contributed by atoms with Gasteiger partial charge in [-0.05, 0) is 25.3 Å². The summed E-state index contributed by atoms with van der Waals surface area (Å²) in [6, 6.07) is 8.20. The van der Waals surface area contributed by atoms with Crippen molar-refractivity contribution in [1.29, 1.82) is 0 Å². The van der Waals surface area contributed by atoms with E-state index in [1.54, 1.807) is 0 Å². The third-order valence-corrected chi connectivity index (χ3v) is 2.66. The zero-order valence-electron chi connectivity index (χ0n) is 9.65. The molecule has 0 aliphatic rings. The van der Waals surface area contributed by atoms with Crippen molar-refractivity contribution < 1.29 is 9.90 Å². The van der Waals surface area contributed by atoms with Gasteiger partial charge in [-0.15, -0.1) is 0 Å². The van der Waals surface area contributed by atoms with Gasteiger partial charge in [-0.1, -0.05) is 36.2 Å². The Morgan fingerprint density at radius 3 is 2.50 bits per heavy atom. The van der Waals surface area contributed by atoms with Gasteiger partial charge in [-0.3, -0.25) is 4.79 Å². The Labute approximate surface area is 96.3 Å². The van der Waals surface area contributed by atoms with E-state index in [-0.39, 0.29) is 12.5 Å². The van der Waals surface area contributed by atoms with Gasteiger partial charge < -0.3 is 10.8 Å². The Kier molecular flexibility index (Phi) is 4.99. The van der Waals surface area contributed by atoms with Crippen molar-refractivity contribution in [2.75, 3.05) is 0 Å². The van der Waals surface area contributed by atoms with Gasteiger partial charge in [0.15, 0.2) is 0 Å². The minimum atomic E-state index is -0.732. The number of carboxylic acids is 1. The van der Waals surface area contributed by atoms with Gasteiger partial charge in [0.25, 0.3) is 0 Å². The van der Waals surface area contributed by atoms with E-state index < -0.39 is 5.97 Å². The summed E-state index contributed by atoms with van der Waals surface area (Å²) >= 11 is 0. The van der Waals surface area contributed by atoms with E-state index >= 15 is 0 Å². The predicted octanol–water partition coefficient (Wildman–Crippen LogP) is 2.64. The average molecular weight is 221 g/mol. The SMILES string of the molecule is Cc1ccc(C(N)CCCCC(=O)O)cc1. The van der Waals surface area contributed by atoms with E-state index in [1.165, 1.54) is 5.56 Å². The highest BCUT2D eigenvalue weighted by atomic mass is 16.4. The van der Waals surface area contributed by atoms with Gasteiger partial charge in [0.05, 0.1) is 0 Å². The molecule has 3 N–H and O–H groups in total. The molecule has 1 atom stereocenters. The van der Waals surface area contributed by atoms with Crippen LogP contribution in [-0.2, 0) is 4.79 Å². The Bertz CT molecular complexity index is 332. The van der Waals surface area contributed by atoms with Gasteiger partial charge in [-0.2, -0.15) is 0 Å². The van der Waals surface area contributed by atoms with E-state index in [2.05, 4.69) is 0 Å². The molecule has 0 bridgehead atoms. The lowest BCUT2D eigenvalue weighted by Gasteiger charge is -2.11. The number of hydrogen-bond acceptors (Lipinski definition) is 2. The molecule has 1 aromatic rings. The van der Waals surface area contributed by atoms with Crippen LogP contribution >= 0.6 is 0 Å². The number of carboxylic acid groups (broad SMARTS) is 1. The summed E-state index contributed by atoms with van der Waals surface area (Å²) in [4.78, 5) is 10.3. The highest BCUT2D eigenvalue weighted by Gasteiger charge is 2.05. The maximum Gasteiger partial charge on any atom is 0.303 e. The number of aryl methyl sites for hydroxylation is 1. The summed E-state index contributed by atoms with van der Waals surface area (Å²) in [7, 11) is 0. The molecule has 1 unspecified atom stereocenters. The van der Waals surface area contributed by atoms with Crippen LogP contribution in [0.4, 0.5) is 0 Å². The lowest BCUT2D eigenvalue weighted by Crippen LogP contribution is -2.10. The van der Waals surface area contributed by atoms with Crippen LogP contribution in [0.25, 0.3) is 0 Å². The molecular weight excluding hydrogens is 202 g/mol. The van der Waals surface area contributed by atoms with Crippen LogP contribution in [0.2, 0.25) is 0 Å². The standard InChI is InChI=1S/C13H19NO2/c1-10-6-8-11(9-7-10)12(14)4-2-3-5-13(15)16/h6-9,12H,2-5,14H2,1H3,(H,15,16). The largest absolute Gasteiger partial charge is 0.481 e. The monoisotopic (exact) mass is 221 g/mol. The number of benzene rings is 1. The number of aliphatic carboxylic acids is 1. The van der Waals surface area contributed by atoms with Crippen LogP contribution in [0.5, 0.6) is 0 Å². The molecule has 0 aliphatic heterocycles. The van der Waals surface area contributed by atoms with Crippen LogP contribution in [0.3, 0.4) is 0 Å². The van der Waals surface area contributed by atoms with Gasteiger partial charge in [-0.25, -0.2) is 0 Å². The van der Waals surface area contributed by atoms with Crippen LogP contribution < -0.4 is 5.73 Å². The first-order chi connectivity index (χ1) is 7.59. The molecule has 0 spiro atoms. The van der Waals surface area contributed by atoms with E-state index in [4.69, 9.17) is 10.8 Å². The van der Waals surface area contributed by atoms with E-state index in [0.29, 0.717) is 6.42 Å². The van der Waals surface area contributed by atoms with Crippen molar-refractivity contribution in [3.8, 4) is 0 Å². The Balaban J connectivity index is 2.32. The second-order valence-corrected chi connectivity index (χ2v) is 4.16. The van der Waals surface area contributed by atoms with Crippen molar-refractivity contribution in [2.45, 2.75) is 38.6 Å². The van der Waals surface area contributed by atoms with Crippen molar-refractivity contribution in [3.05, 3.63) is 35.4 Å². The molecule has 3 nitrogen and oxygen atoms in total. The van der Waals surface area contributed by atoms with Gasteiger partial charge in [0.1, 0.15) is 0 Å². The molecule has 0 aliphatic carbocycles. The molecule has 0 heterocycles. The van der Waals surface area contributed by atoms with E-state index in [9.17, 15) is 4.79 Å². The normalized spacial score (nSPS) is 12.4. The number of hydrogen-bond donors (Lipinski definition) is 2. The molecule has 1 rings (SSSR count). The molecular formula is C13H19NO2. The number of rotatable bonds is 6. The highest BCUT2D eigenvalue weighted by Crippen LogP contribution is 2.17. The van der Waals surface area contributed by atoms with Gasteiger partial charge in [0.2, 0.25) is 0 Å². The van der Waals surface area contributed by atoms with Crippen molar-refractivity contribution in [1.82, 2.24) is 0 Å². The molecule has 0 aromatic heterocycles. The lowest BCUT2D eigenvalue weighted by molar-refractivity contribution is -0.137. The summed E-state index contributed by atoms with van der Waals surface area (Å²) in [6.45, 7) is 2.04. The maximum absolute atomic E-state index is 10.3. The summed E-state index contributed by atoms with van der Waals surface area (Å²) in [5, 5.41) is 8.50. The Morgan fingerprint density at radius 2 is 1.94 bits per heavy atom. The fourth-order valence-corrected chi connectivity index (χ4v) is 1.62. The lowest BCUT2D eigenvalue weighted by atomic mass is 10.0. The molecule has 3 heteroatoms. The molecule has 16 heavy (non-hydrogen) atoms. The second-order valence-electron chi connectivity index (χ2n) is 4.16. The fraction of sp³-hybridized carbons (Fsp3) is 0.462. The predicted molar refractivity (Wildman–Crippen MR) is 64.2 cm³/mol. The highest BCUT2D eigenvalue weighted by molar-refractivity contribution is 5.66. The first-order valence-electron chi connectivity index (χ1n) is 5.63. The number of carbonyl (C=O) groups is 1. The minimum absolute atomic E-state index is 0.0226. The van der Waals surface area contributed by atoms with Crippen molar-refractivity contribution in [2.24, 2.45) is 5.73 Å². The number of unbranched alkanes of at least 4 members (excludes halogenated alkanes) is 1. The Hall–Kier alpha value is -1.35. The fourth-order valence-electron chi connectivity index (χ4n) is 1.62. The third kappa shape index (κ3) is 4.45. The van der Waals surface area contributed by atoms with Crippen LogP contribution in [0.1, 0.15) is 42.9 Å². The van der Waals surface area contributed by atoms with Crippen LogP contribution in [-0.4, -0.2) is 11.1 Å². The summed E-state index contributed by atoms with van der Waals surface area (Å²) < 4.78 is 0. The molecule has 1 aromatic carbocycles. The molecule has 0 fully saturated rings. The molecule has 0 saturated carbocycles. The van der Waals surface area contributed by atoms with Crippen LogP contribution in [0, 0.1) is 6.92 Å². The average Bonchev–Trinajstić information content (AvgIpc) is 2.25.